The lowest BCUT2D eigenvalue weighted by Crippen LogP contribution is -1.85. The van der Waals surface area contributed by atoms with E-state index < -0.39 is 0 Å². The fraction of sp³-hybridized carbons (Fsp3) is 0.0769. The summed E-state index contributed by atoms with van der Waals surface area (Å²) in [5, 5.41) is 9.04. The van der Waals surface area contributed by atoms with Gasteiger partial charge in [0.25, 0.3) is 0 Å². The Labute approximate surface area is 83.6 Å². The molecule has 0 bridgehead atoms. The maximum Gasteiger partial charge on any atom is 0.167 e. The van der Waals surface area contributed by atoms with Crippen LogP contribution in [0.1, 0.15) is 11.1 Å². The van der Waals surface area contributed by atoms with Crippen LogP contribution in [0.2, 0.25) is 0 Å². The maximum absolute atomic E-state index is 9.04. The minimum absolute atomic E-state index is 0.141. The van der Waals surface area contributed by atoms with Crippen molar-refractivity contribution in [3.63, 3.8) is 0 Å². The van der Waals surface area contributed by atoms with E-state index in [-0.39, 0.29) is 5.75 Å². The highest BCUT2D eigenvalue weighted by Gasteiger charge is 1.94. The Balaban J connectivity index is 2.16. The summed E-state index contributed by atoms with van der Waals surface area (Å²) in [5.41, 5.74) is 2.27. The van der Waals surface area contributed by atoms with Crippen LogP contribution in [0.15, 0.2) is 42.5 Å². The lowest BCUT2D eigenvalue weighted by Gasteiger charge is -1.98. The summed E-state index contributed by atoms with van der Waals surface area (Å²) in [4.78, 5) is 0. The molecule has 0 heterocycles. The summed E-state index contributed by atoms with van der Waals surface area (Å²) in [6.07, 6.45) is 0.831. The van der Waals surface area contributed by atoms with Crippen LogP contribution in [-0.4, -0.2) is 5.11 Å². The molecule has 0 aliphatic heterocycles. The van der Waals surface area contributed by atoms with Crippen LogP contribution in [0.4, 0.5) is 0 Å². The van der Waals surface area contributed by atoms with Gasteiger partial charge in [-0.15, -0.1) is 0 Å². The molecule has 2 rings (SSSR count). The molecule has 1 heteroatoms. The van der Waals surface area contributed by atoms with Gasteiger partial charge in [0.05, 0.1) is 0 Å². The molecule has 0 unspecified atom stereocenters. The highest BCUT2D eigenvalue weighted by molar-refractivity contribution is 5.25. The molecule has 0 fully saturated rings. The van der Waals surface area contributed by atoms with Crippen LogP contribution >= 0.6 is 0 Å². The first kappa shape index (κ1) is 8.65. The SMILES string of the molecule is Oc1c#cc(Cc2ccccc2)cc1. The molecule has 1 nitrogen and oxygen atoms in total. The Kier molecular flexibility index (Phi) is 2.38. The molecule has 14 heavy (non-hydrogen) atoms. The molecule has 2 aromatic rings. The lowest BCUT2D eigenvalue weighted by atomic mass is 10.1. The summed E-state index contributed by atoms with van der Waals surface area (Å²) >= 11 is 0. The van der Waals surface area contributed by atoms with Crippen LogP contribution in [0, 0.1) is 12.1 Å². The fourth-order valence-electron chi connectivity index (χ4n) is 1.33. The van der Waals surface area contributed by atoms with Crippen molar-refractivity contribution in [1.82, 2.24) is 0 Å². The largest absolute Gasteiger partial charge is 0.501 e. The third-order valence-electron chi connectivity index (χ3n) is 2.03. The normalized spacial score (nSPS) is 9.43. The van der Waals surface area contributed by atoms with E-state index in [1.165, 1.54) is 5.56 Å². The molecular formula is C13H10O. The third-order valence-corrected chi connectivity index (χ3v) is 2.03. The zero-order valence-electron chi connectivity index (χ0n) is 7.70. The molecule has 0 aliphatic carbocycles. The quantitative estimate of drug-likeness (QED) is 0.756. The van der Waals surface area contributed by atoms with Gasteiger partial charge >= 0.3 is 0 Å². The van der Waals surface area contributed by atoms with E-state index in [0.29, 0.717) is 0 Å². The van der Waals surface area contributed by atoms with Crippen LogP contribution in [-0.2, 0) is 6.42 Å². The highest BCUT2D eigenvalue weighted by atomic mass is 16.3. The van der Waals surface area contributed by atoms with Gasteiger partial charge in [-0.2, -0.15) is 0 Å². The summed E-state index contributed by atoms with van der Waals surface area (Å²) in [6, 6.07) is 19.2. The van der Waals surface area contributed by atoms with Crippen LogP contribution in [0.3, 0.4) is 0 Å². The minimum atomic E-state index is 0.141. The Morgan fingerprint density at radius 3 is 2.36 bits per heavy atom. The van der Waals surface area contributed by atoms with E-state index in [1.807, 2.05) is 24.3 Å². The second-order valence-electron chi connectivity index (χ2n) is 3.16. The zero-order valence-corrected chi connectivity index (χ0v) is 7.70. The van der Waals surface area contributed by atoms with Gasteiger partial charge in [0.2, 0.25) is 0 Å². The smallest absolute Gasteiger partial charge is 0.167 e. The fourth-order valence-corrected chi connectivity index (χ4v) is 1.33. The second-order valence-corrected chi connectivity index (χ2v) is 3.16. The molecular weight excluding hydrogens is 172 g/mol. The molecule has 0 aliphatic rings. The molecule has 0 aromatic heterocycles. The predicted molar refractivity (Wildman–Crippen MR) is 55.0 cm³/mol. The number of aromatic hydroxyl groups is 1. The Morgan fingerprint density at radius 2 is 1.71 bits per heavy atom. The first-order valence-corrected chi connectivity index (χ1v) is 4.50. The van der Waals surface area contributed by atoms with Crippen LogP contribution in [0.25, 0.3) is 0 Å². The van der Waals surface area contributed by atoms with Gasteiger partial charge in [-0.25, -0.2) is 0 Å². The molecule has 68 valence electrons. The number of benzene rings is 1. The van der Waals surface area contributed by atoms with Crippen molar-refractivity contribution in [2.45, 2.75) is 6.42 Å². The molecule has 0 saturated heterocycles. The number of hydrogen-bond donors (Lipinski definition) is 1. The predicted octanol–water partition coefficient (Wildman–Crippen LogP) is 2.58. The van der Waals surface area contributed by atoms with E-state index in [4.69, 9.17) is 5.11 Å². The van der Waals surface area contributed by atoms with Gasteiger partial charge < -0.3 is 5.11 Å². The molecule has 1 N–H and O–H groups in total. The summed E-state index contributed by atoms with van der Waals surface area (Å²) in [6.45, 7) is 0. The van der Waals surface area contributed by atoms with Crippen LogP contribution in [0.5, 0.6) is 5.75 Å². The van der Waals surface area contributed by atoms with Crippen molar-refractivity contribution in [2.75, 3.05) is 0 Å². The van der Waals surface area contributed by atoms with Gasteiger partial charge in [-0.1, -0.05) is 36.4 Å². The van der Waals surface area contributed by atoms with Gasteiger partial charge in [0, 0.05) is 12.0 Å². The van der Waals surface area contributed by atoms with E-state index in [0.717, 1.165) is 12.0 Å². The second kappa shape index (κ2) is 3.85. The standard InChI is InChI=1S/C13H10O/c14-13-8-6-12(7-9-13)10-11-4-2-1-3-5-11/h1-6,8,14H,10H2. The van der Waals surface area contributed by atoms with Crippen molar-refractivity contribution in [3.05, 3.63) is 65.7 Å². The zero-order chi connectivity index (χ0) is 9.80. The average molecular weight is 182 g/mol. The molecule has 0 spiro atoms. The van der Waals surface area contributed by atoms with Gasteiger partial charge in [-0.3, -0.25) is 0 Å². The van der Waals surface area contributed by atoms with Crippen LogP contribution < -0.4 is 0 Å². The van der Waals surface area contributed by atoms with Crippen molar-refractivity contribution in [1.29, 1.82) is 0 Å². The number of rotatable bonds is 2. The van der Waals surface area contributed by atoms with Crippen molar-refractivity contribution >= 4 is 0 Å². The topological polar surface area (TPSA) is 20.2 Å². The van der Waals surface area contributed by atoms with Crippen molar-refractivity contribution in [3.8, 4) is 5.75 Å². The van der Waals surface area contributed by atoms with Crippen molar-refractivity contribution < 1.29 is 5.11 Å². The van der Waals surface area contributed by atoms with E-state index in [1.54, 1.807) is 6.07 Å². The molecule has 0 atom stereocenters. The van der Waals surface area contributed by atoms with Gasteiger partial charge in [0.1, 0.15) is 0 Å². The van der Waals surface area contributed by atoms with Gasteiger partial charge in [-0.05, 0) is 23.8 Å². The van der Waals surface area contributed by atoms with E-state index >= 15 is 0 Å². The monoisotopic (exact) mass is 182 g/mol. The van der Waals surface area contributed by atoms with Gasteiger partial charge in [0.15, 0.2) is 5.75 Å². The first-order valence-electron chi connectivity index (χ1n) is 4.50. The number of hydrogen-bond acceptors (Lipinski definition) is 1. The summed E-state index contributed by atoms with van der Waals surface area (Å²) in [7, 11) is 0. The molecule has 0 amide bonds. The Morgan fingerprint density at radius 1 is 0.929 bits per heavy atom. The van der Waals surface area contributed by atoms with E-state index in [2.05, 4.69) is 24.3 Å². The summed E-state index contributed by atoms with van der Waals surface area (Å²) in [5.74, 6) is 0.141. The molecule has 0 saturated carbocycles. The maximum atomic E-state index is 9.04. The summed E-state index contributed by atoms with van der Waals surface area (Å²) < 4.78 is 0. The third kappa shape index (κ3) is 2.05. The lowest BCUT2D eigenvalue weighted by molar-refractivity contribution is 0.475. The molecule has 2 aromatic carbocycles. The average Bonchev–Trinajstić information content (AvgIpc) is 2.23. The molecule has 0 radical (unpaired) electrons. The van der Waals surface area contributed by atoms with Crippen molar-refractivity contribution in [2.24, 2.45) is 0 Å². The first-order chi connectivity index (χ1) is 6.84. The van der Waals surface area contributed by atoms with E-state index in [9.17, 15) is 0 Å². The minimum Gasteiger partial charge on any atom is -0.501 e. The Hall–Kier alpha value is -1.94. The highest BCUT2D eigenvalue weighted by Crippen LogP contribution is 2.09. The Bertz CT molecular complexity index is 389.